The first-order valence-corrected chi connectivity index (χ1v) is 11.3. The van der Waals surface area contributed by atoms with Gasteiger partial charge in [-0.3, -0.25) is 4.79 Å². The molecule has 2 bridgehead atoms. The lowest BCUT2D eigenvalue weighted by Gasteiger charge is -2.57. The molecule has 154 valence electrons. The van der Waals surface area contributed by atoms with E-state index < -0.39 is 0 Å². The molecule has 0 aromatic heterocycles. The van der Waals surface area contributed by atoms with Gasteiger partial charge in [-0.2, -0.15) is 0 Å². The Bertz CT molecular complexity index is 709. The Balaban J connectivity index is 1.65. The highest BCUT2D eigenvalue weighted by molar-refractivity contribution is 5.83. The maximum atomic E-state index is 13.8. The first-order valence-electron chi connectivity index (χ1n) is 11.3. The van der Waals surface area contributed by atoms with Gasteiger partial charge in [-0.25, -0.2) is 0 Å². The minimum atomic E-state index is -0.241. The third-order valence-electron chi connectivity index (χ3n) is 7.88. The molecule has 0 spiro atoms. The van der Waals surface area contributed by atoms with Crippen molar-refractivity contribution >= 4 is 5.91 Å². The van der Waals surface area contributed by atoms with Crippen molar-refractivity contribution in [3.63, 3.8) is 0 Å². The van der Waals surface area contributed by atoms with E-state index in [0.717, 1.165) is 38.8 Å². The number of rotatable bonds is 3. The lowest BCUT2D eigenvalue weighted by molar-refractivity contribution is -0.150. The van der Waals surface area contributed by atoms with Crippen molar-refractivity contribution in [2.75, 3.05) is 20.1 Å². The molecule has 3 atom stereocenters. The van der Waals surface area contributed by atoms with Crippen LogP contribution in [0.15, 0.2) is 30.3 Å². The average molecular weight is 383 g/mol. The Hall–Kier alpha value is -1.35. The van der Waals surface area contributed by atoms with Crippen LogP contribution in [0.1, 0.15) is 71.3 Å². The SMILES string of the molecule is CN(C(=O)C1(C)CC2CC(C)(C)CC(c3ccccc3)(C2)C1)C1CCNCC1. The molecular weight excluding hydrogens is 344 g/mol. The first-order chi connectivity index (χ1) is 13.2. The molecule has 1 N–H and O–H groups in total. The summed E-state index contributed by atoms with van der Waals surface area (Å²) < 4.78 is 0. The topological polar surface area (TPSA) is 32.3 Å². The van der Waals surface area contributed by atoms with E-state index in [-0.39, 0.29) is 10.8 Å². The molecule has 3 aliphatic rings. The number of amides is 1. The molecule has 3 nitrogen and oxygen atoms in total. The number of carbonyl (C=O) groups excluding carboxylic acids is 1. The normalized spacial score (nSPS) is 35.4. The van der Waals surface area contributed by atoms with Gasteiger partial charge in [0.05, 0.1) is 0 Å². The molecule has 3 fully saturated rings. The highest BCUT2D eigenvalue weighted by atomic mass is 16.2. The van der Waals surface area contributed by atoms with E-state index in [1.54, 1.807) is 0 Å². The number of hydrogen-bond acceptors (Lipinski definition) is 2. The van der Waals surface area contributed by atoms with Crippen LogP contribution in [-0.4, -0.2) is 37.0 Å². The van der Waals surface area contributed by atoms with Crippen molar-refractivity contribution in [1.29, 1.82) is 0 Å². The lowest BCUT2D eigenvalue weighted by Crippen LogP contribution is -2.56. The zero-order valence-corrected chi connectivity index (χ0v) is 18.3. The summed E-state index contributed by atoms with van der Waals surface area (Å²) in [6.07, 6.45) is 7.91. The Kier molecular flexibility index (Phi) is 5.10. The Morgan fingerprint density at radius 2 is 1.68 bits per heavy atom. The summed E-state index contributed by atoms with van der Waals surface area (Å²) >= 11 is 0. The number of benzene rings is 1. The van der Waals surface area contributed by atoms with Gasteiger partial charge in [-0.1, -0.05) is 51.1 Å². The molecule has 2 saturated carbocycles. The Morgan fingerprint density at radius 1 is 1.00 bits per heavy atom. The van der Waals surface area contributed by atoms with Gasteiger partial charge in [0.25, 0.3) is 0 Å². The number of piperidine rings is 1. The van der Waals surface area contributed by atoms with Crippen LogP contribution in [0.2, 0.25) is 0 Å². The molecule has 1 amide bonds. The summed E-state index contributed by atoms with van der Waals surface area (Å²) in [5, 5.41) is 3.43. The van der Waals surface area contributed by atoms with Crippen molar-refractivity contribution in [2.45, 2.75) is 77.2 Å². The number of nitrogens with zero attached hydrogens (tertiary/aromatic N) is 1. The van der Waals surface area contributed by atoms with Crippen LogP contribution in [0.25, 0.3) is 0 Å². The molecule has 0 radical (unpaired) electrons. The highest BCUT2D eigenvalue weighted by Crippen LogP contribution is 2.61. The summed E-state index contributed by atoms with van der Waals surface area (Å²) in [5.74, 6) is 1.04. The molecule has 2 aliphatic carbocycles. The Morgan fingerprint density at radius 3 is 2.36 bits per heavy atom. The van der Waals surface area contributed by atoms with Gasteiger partial charge < -0.3 is 10.2 Å². The van der Waals surface area contributed by atoms with Gasteiger partial charge in [0, 0.05) is 18.5 Å². The maximum Gasteiger partial charge on any atom is 0.228 e. The van der Waals surface area contributed by atoms with Crippen LogP contribution in [-0.2, 0) is 10.2 Å². The molecule has 3 unspecified atom stereocenters. The largest absolute Gasteiger partial charge is 0.342 e. The predicted molar refractivity (Wildman–Crippen MR) is 115 cm³/mol. The fourth-order valence-corrected chi connectivity index (χ4v) is 7.26. The van der Waals surface area contributed by atoms with Crippen LogP contribution >= 0.6 is 0 Å². The number of nitrogens with one attached hydrogen (secondary N) is 1. The molecule has 4 rings (SSSR count). The van der Waals surface area contributed by atoms with E-state index in [1.165, 1.54) is 24.8 Å². The van der Waals surface area contributed by atoms with E-state index in [2.05, 4.69) is 68.4 Å². The number of carbonyl (C=O) groups is 1. The minimum absolute atomic E-state index is 0.144. The molecule has 3 heteroatoms. The summed E-state index contributed by atoms with van der Waals surface area (Å²) in [5.41, 5.74) is 1.71. The predicted octanol–water partition coefficient (Wildman–Crippen LogP) is 4.76. The van der Waals surface area contributed by atoms with E-state index in [0.29, 0.717) is 23.3 Å². The smallest absolute Gasteiger partial charge is 0.228 e. The summed E-state index contributed by atoms with van der Waals surface area (Å²) in [6, 6.07) is 11.5. The van der Waals surface area contributed by atoms with E-state index in [1.807, 2.05) is 0 Å². The van der Waals surface area contributed by atoms with Crippen molar-refractivity contribution < 1.29 is 4.79 Å². The van der Waals surface area contributed by atoms with Gasteiger partial charge in [0.15, 0.2) is 0 Å². The fourth-order valence-electron chi connectivity index (χ4n) is 7.26. The second-order valence-corrected chi connectivity index (χ2v) is 11.1. The molecule has 28 heavy (non-hydrogen) atoms. The minimum Gasteiger partial charge on any atom is -0.342 e. The fraction of sp³-hybridized carbons (Fsp3) is 0.720. The second-order valence-electron chi connectivity index (χ2n) is 11.1. The van der Waals surface area contributed by atoms with Gasteiger partial charge in [-0.15, -0.1) is 0 Å². The average Bonchev–Trinajstić information content (AvgIpc) is 2.66. The quantitative estimate of drug-likeness (QED) is 0.817. The molecule has 1 saturated heterocycles. The monoisotopic (exact) mass is 382 g/mol. The van der Waals surface area contributed by atoms with Crippen LogP contribution in [0.3, 0.4) is 0 Å². The van der Waals surface area contributed by atoms with Crippen LogP contribution < -0.4 is 5.32 Å². The molecule has 1 aromatic rings. The van der Waals surface area contributed by atoms with Crippen molar-refractivity contribution in [2.24, 2.45) is 16.7 Å². The van der Waals surface area contributed by atoms with Crippen LogP contribution in [0.4, 0.5) is 0 Å². The third-order valence-corrected chi connectivity index (χ3v) is 7.88. The molecular formula is C25H38N2O. The zero-order chi connectivity index (χ0) is 20.0. The van der Waals surface area contributed by atoms with Gasteiger partial charge in [0.1, 0.15) is 0 Å². The van der Waals surface area contributed by atoms with Gasteiger partial charge >= 0.3 is 0 Å². The number of hydrogen-bond donors (Lipinski definition) is 1. The van der Waals surface area contributed by atoms with Gasteiger partial charge in [0.2, 0.25) is 5.91 Å². The maximum absolute atomic E-state index is 13.8. The second kappa shape index (κ2) is 7.16. The summed E-state index contributed by atoms with van der Waals surface area (Å²) in [6.45, 7) is 9.20. The lowest BCUT2D eigenvalue weighted by atomic mass is 9.47. The van der Waals surface area contributed by atoms with E-state index in [4.69, 9.17) is 0 Å². The summed E-state index contributed by atoms with van der Waals surface area (Å²) in [7, 11) is 2.06. The zero-order valence-electron chi connectivity index (χ0n) is 18.3. The molecule has 1 aromatic carbocycles. The van der Waals surface area contributed by atoms with Crippen molar-refractivity contribution in [3.8, 4) is 0 Å². The van der Waals surface area contributed by atoms with Crippen LogP contribution in [0, 0.1) is 16.7 Å². The number of fused-ring (bicyclic) bond motifs is 2. The van der Waals surface area contributed by atoms with E-state index in [9.17, 15) is 4.79 Å². The Labute approximate surface area is 171 Å². The van der Waals surface area contributed by atoms with Gasteiger partial charge in [-0.05, 0) is 80.3 Å². The molecule has 1 heterocycles. The molecule has 1 aliphatic heterocycles. The summed E-state index contributed by atoms with van der Waals surface area (Å²) in [4.78, 5) is 15.9. The van der Waals surface area contributed by atoms with Crippen LogP contribution in [0.5, 0.6) is 0 Å². The van der Waals surface area contributed by atoms with Crippen molar-refractivity contribution in [3.05, 3.63) is 35.9 Å². The standard InChI is InChI=1S/C25H38N2O/c1-23(2)14-19-15-24(3,22(28)27(4)21-10-12-26-13-11-21)18-25(16-19,17-23)20-8-6-5-7-9-20/h5-9,19,21,26H,10-18H2,1-4H3. The highest BCUT2D eigenvalue weighted by Gasteiger charge is 2.56. The first kappa shape index (κ1) is 19.9. The van der Waals surface area contributed by atoms with E-state index >= 15 is 0 Å². The third kappa shape index (κ3) is 3.63. The van der Waals surface area contributed by atoms with Crippen molar-refractivity contribution in [1.82, 2.24) is 10.2 Å².